The molecule has 0 aliphatic rings. The molecule has 0 aromatic heterocycles. The van der Waals surface area contributed by atoms with Crippen molar-refractivity contribution in [3.8, 4) is 0 Å². The fourth-order valence-electron chi connectivity index (χ4n) is 2.82. The third-order valence-electron chi connectivity index (χ3n) is 4.24. The second-order valence-corrected chi connectivity index (χ2v) is 7.23. The van der Waals surface area contributed by atoms with Gasteiger partial charge >= 0.3 is 0 Å². The number of hydrogen-bond donors (Lipinski definition) is 2. The van der Waals surface area contributed by atoms with Crippen molar-refractivity contribution < 1.29 is 4.79 Å². The number of guanidine groups is 1. The Balaban J connectivity index is 1.87. The monoisotopic (exact) mass is 381 g/mol. The number of benzene rings is 2. The molecular formula is C22H31N5O. The highest BCUT2D eigenvalue weighted by Gasteiger charge is 2.07. The van der Waals surface area contributed by atoms with E-state index in [9.17, 15) is 4.79 Å². The van der Waals surface area contributed by atoms with Gasteiger partial charge in [0.15, 0.2) is 5.96 Å². The van der Waals surface area contributed by atoms with Crippen LogP contribution in [0.5, 0.6) is 0 Å². The first-order valence-electron chi connectivity index (χ1n) is 9.36. The van der Waals surface area contributed by atoms with Gasteiger partial charge in [-0.25, -0.2) is 0 Å². The van der Waals surface area contributed by atoms with E-state index < -0.39 is 0 Å². The quantitative estimate of drug-likeness (QED) is 0.571. The van der Waals surface area contributed by atoms with E-state index in [0.717, 1.165) is 18.1 Å². The number of hydrogen-bond acceptors (Lipinski definition) is 3. The molecule has 0 atom stereocenters. The van der Waals surface area contributed by atoms with Gasteiger partial charge in [0.2, 0.25) is 0 Å². The zero-order chi connectivity index (χ0) is 20.5. The van der Waals surface area contributed by atoms with Gasteiger partial charge in [-0.1, -0.05) is 36.4 Å². The Morgan fingerprint density at radius 2 is 1.50 bits per heavy atom. The number of aliphatic imine (C=N–C) groups is 1. The van der Waals surface area contributed by atoms with Crippen molar-refractivity contribution in [1.82, 2.24) is 20.4 Å². The molecule has 28 heavy (non-hydrogen) atoms. The zero-order valence-corrected chi connectivity index (χ0v) is 17.5. The minimum atomic E-state index is 0.00785. The van der Waals surface area contributed by atoms with E-state index in [0.29, 0.717) is 18.7 Å². The van der Waals surface area contributed by atoms with E-state index in [1.54, 1.807) is 26.0 Å². The number of nitrogens with one attached hydrogen (secondary N) is 2. The van der Waals surface area contributed by atoms with Crippen molar-refractivity contribution in [3.63, 3.8) is 0 Å². The Bertz CT molecular complexity index is 797. The van der Waals surface area contributed by atoms with Crippen molar-refractivity contribution in [1.29, 1.82) is 0 Å². The Kier molecular flexibility index (Phi) is 8.02. The fourth-order valence-corrected chi connectivity index (χ4v) is 2.82. The normalized spacial score (nSPS) is 11.4. The molecule has 6 nitrogen and oxygen atoms in total. The molecule has 1 amide bonds. The summed E-state index contributed by atoms with van der Waals surface area (Å²) in [5, 5.41) is 6.66. The highest BCUT2D eigenvalue weighted by Crippen LogP contribution is 2.08. The average Bonchev–Trinajstić information content (AvgIpc) is 2.67. The molecule has 0 fully saturated rings. The summed E-state index contributed by atoms with van der Waals surface area (Å²) in [5.74, 6) is 0.750. The lowest BCUT2D eigenvalue weighted by atomic mass is 10.1. The zero-order valence-electron chi connectivity index (χ0n) is 17.5. The molecule has 0 radical (unpaired) electrons. The van der Waals surface area contributed by atoms with Gasteiger partial charge in [-0.15, -0.1) is 0 Å². The van der Waals surface area contributed by atoms with Gasteiger partial charge in [0.25, 0.3) is 5.91 Å². The van der Waals surface area contributed by atoms with Gasteiger partial charge < -0.3 is 20.4 Å². The van der Waals surface area contributed by atoms with Crippen LogP contribution in [-0.2, 0) is 19.6 Å². The smallest absolute Gasteiger partial charge is 0.253 e. The molecule has 2 N–H and O–H groups in total. The van der Waals surface area contributed by atoms with Gasteiger partial charge in [0, 0.05) is 46.3 Å². The first-order valence-corrected chi connectivity index (χ1v) is 9.36. The van der Waals surface area contributed by atoms with Crippen LogP contribution in [-0.4, -0.2) is 56.9 Å². The standard InChI is InChI=1S/C22H31N5O/c1-23-22(25-15-18-7-6-8-19(13-18)16-26(2)3)24-14-17-9-11-20(12-10-17)21(28)27(4)5/h6-13H,14-16H2,1-5H3,(H2,23,24,25). The molecule has 0 aliphatic heterocycles. The minimum absolute atomic E-state index is 0.00785. The summed E-state index contributed by atoms with van der Waals surface area (Å²) in [6, 6.07) is 16.2. The van der Waals surface area contributed by atoms with Crippen molar-refractivity contribution in [2.24, 2.45) is 4.99 Å². The number of nitrogens with zero attached hydrogens (tertiary/aromatic N) is 3. The second-order valence-electron chi connectivity index (χ2n) is 7.23. The van der Waals surface area contributed by atoms with Gasteiger partial charge in [-0.2, -0.15) is 0 Å². The number of rotatable bonds is 7. The summed E-state index contributed by atoms with van der Waals surface area (Å²) in [7, 11) is 9.41. The summed E-state index contributed by atoms with van der Waals surface area (Å²) in [5.41, 5.74) is 4.29. The van der Waals surface area contributed by atoms with Crippen LogP contribution in [0.25, 0.3) is 0 Å². The van der Waals surface area contributed by atoms with Gasteiger partial charge in [0.1, 0.15) is 0 Å². The summed E-state index contributed by atoms with van der Waals surface area (Å²) in [6.45, 7) is 2.27. The molecule has 2 aromatic rings. The lowest BCUT2D eigenvalue weighted by Crippen LogP contribution is -2.36. The third-order valence-corrected chi connectivity index (χ3v) is 4.24. The van der Waals surface area contributed by atoms with Crippen molar-refractivity contribution in [3.05, 3.63) is 70.8 Å². The predicted molar refractivity (Wildman–Crippen MR) is 115 cm³/mol. The van der Waals surface area contributed by atoms with Crippen LogP contribution >= 0.6 is 0 Å². The number of amides is 1. The molecule has 0 spiro atoms. The maximum atomic E-state index is 11.9. The minimum Gasteiger partial charge on any atom is -0.352 e. The van der Waals surface area contributed by atoms with Crippen LogP contribution < -0.4 is 10.6 Å². The molecule has 0 heterocycles. The van der Waals surface area contributed by atoms with Crippen LogP contribution in [0.3, 0.4) is 0 Å². The number of carbonyl (C=O) groups is 1. The van der Waals surface area contributed by atoms with E-state index in [4.69, 9.17) is 0 Å². The predicted octanol–water partition coefficient (Wildman–Crippen LogP) is 2.32. The first-order chi connectivity index (χ1) is 13.4. The highest BCUT2D eigenvalue weighted by molar-refractivity contribution is 5.93. The summed E-state index contributed by atoms with van der Waals surface area (Å²) in [6.07, 6.45) is 0. The molecule has 0 bridgehead atoms. The van der Waals surface area contributed by atoms with Gasteiger partial charge in [-0.3, -0.25) is 9.79 Å². The highest BCUT2D eigenvalue weighted by atomic mass is 16.2. The average molecular weight is 382 g/mol. The van der Waals surface area contributed by atoms with Gasteiger partial charge in [-0.05, 0) is 42.9 Å². The molecular weight excluding hydrogens is 350 g/mol. The van der Waals surface area contributed by atoms with Crippen LogP contribution in [0.4, 0.5) is 0 Å². The van der Waals surface area contributed by atoms with Crippen molar-refractivity contribution in [2.45, 2.75) is 19.6 Å². The van der Waals surface area contributed by atoms with E-state index in [1.807, 2.05) is 24.3 Å². The molecule has 0 saturated carbocycles. The largest absolute Gasteiger partial charge is 0.352 e. The van der Waals surface area contributed by atoms with E-state index in [1.165, 1.54) is 11.1 Å². The fraction of sp³-hybridized carbons (Fsp3) is 0.364. The van der Waals surface area contributed by atoms with E-state index in [-0.39, 0.29) is 5.91 Å². The maximum absolute atomic E-state index is 11.9. The Hall–Kier alpha value is -2.86. The van der Waals surface area contributed by atoms with E-state index >= 15 is 0 Å². The molecule has 2 rings (SSSR count). The number of carbonyl (C=O) groups excluding carboxylic acids is 1. The van der Waals surface area contributed by atoms with Crippen LogP contribution in [0, 0.1) is 0 Å². The van der Waals surface area contributed by atoms with Gasteiger partial charge in [0.05, 0.1) is 0 Å². The lowest BCUT2D eigenvalue weighted by molar-refractivity contribution is 0.0827. The summed E-state index contributed by atoms with van der Waals surface area (Å²) in [4.78, 5) is 20.0. The van der Waals surface area contributed by atoms with Crippen molar-refractivity contribution in [2.75, 3.05) is 35.2 Å². The molecule has 0 aliphatic carbocycles. The Morgan fingerprint density at radius 3 is 2.07 bits per heavy atom. The first kappa shape index (κ1) is 21.4. The molecule has 150 valence electrons. The maximum Gasteiger partial charge on any atom is 0.253 e. The SMILES string of the molecule is CN=C(NCc1ccc(C(=O)N(C)C)cc1)NCc1cccc(CN(C)C)c1. The van der Waals surface area contributed by atoms with Crippen LogP contribution in [0.2, 0.25) is 0 Å². The van der Waals surface area contributed by atoms with Crippen LogP contribution in [0.15, 0.2) is 53.5 Å². The lowest BCUT2D eigenvalue weighted by Gasteiger charge is -2.14. The molecule has 0 unspecified atom stereocenters. The van der Waals surface area contributed by atoms with Crippen LogP contribution in [0.1, 0.15) is 27.0 Å². The van der Waals surface area contributed by atoms with E-state index in [2.05, 4.69) is 58.9 Å². The third kappa shape index (κ3) is 6.70. The second kappa shape index (κ2) is 10.5. The van der Waals surface area contributed by atoms with Crippen molar-refractivity contribution >= 4 is 11.9 Å². The topological polar surface area (TPSA) is 60.0 Å². The summed E-state index contributed by atoms with van der Waals surface area (Å²) < 4.78 is 0. The molecule has 2 aromatic carbocycles. The molecule has 0 saturated heterocycles. The Labute approximate surface area is 168 Å². The summed E-state index contributed by atoms with van der Waals surface area (Å²) >= 11 is 0. The molecule has 6 heteroatoms. The Morgan fingerprint density at radius 1 is 0.893 bits per heavy atom.